The topological polar surface area (TPSA) is 75.7 Å². The van der Waals surface area contributed by atoms with E-state index in [2.05, 4.69) is 26.1 Å². The van der Waals surface area contributed by atoms with Gasteiger partial charge in [0, 0.05) is 23.1 Å². The van der Waals surface area contributed by atoms with Gasteiger partial charge in [-0.25, -0.2) is 8.42 Å². The van der Waals surface area contributed by atoms with E-state index in [1.54, 1.807) is 43.0 Å². The fourth-order valence-corrected chi connectivity index (χ4v) is 4.22. The molecule has 0 saturated heterocycles. The van der Waals surface area contributed by atoms with Gasteiger partial charge in [-0.2, -0.15) is 11.8 Å². The molecule has 0 aliphatic rings. The number of carbonyl (C=O) groups excluding carboxylic acids is 1. The number of anilines is 1. The van der Waals surface area contributed by atoms with E-state index >= 15 is 0 Å². The SMILES string of the molecule is COc1cccc(N([C@H](C)C(=O)NCCSC(C)(C)C)S(C)(=O)=O)c1. The summed E-state index contributed by atoms with van der Waals surface area (Å²) in [6.07, 6.45) is 1.09. The van der Waals surface area contributed by atoms with Crippen molar-refractivity contribution in [1.29, 1.82) is 0 Å². The van der Waals surface area contributed by atoms with Gasteiger partial charge in [0.15, 0.2) is 0 Å². The van der Waals surface area contributed by atoms with E-state index < -0.39 is 16.1 Å². The Morgan fingerprint density at radius 3 is 2.52 bits per heavy atom. The summed E-state index contributed by atoms with van der Waals surface area (Å²) in [5, 5.41) is 2.81. The van der Waals surface area contributed by atoms with Crippen LogP contribution in [0.5, 0.6) is 5.75 Å². The highest BCUT2D eigenvalue weighted by Crippen LogP contribution is 2.25. The van der Waals surface area contributed by atoms with Gasteiger partial charge in [-0.05, 0) is 19.1 Å². The maximum absolute atomic E-state index is 12.4. The van der Waals surface area contributed by atoms with Crippen LogP contribution in [0.25, 0.3) is 0 Å². The van der Waals surface area contributed by atoms with E-state index in [0.29, 0.717) is 18.0 Å². The van der Waals surface area contributed by atoms with E-state index in [1.807, 2.05) is 0 Å². The van der Waals surface area contributed by atoms with Crippen molar-refractivity contribution in [3.05, 3.63) is 24.3 Å². The van der Waals surface area contributed by atoms with Crippen LogP contribution in [-0.4, -0.2) is 50.8 Å². The van der Waals surface area contributed by atoms with E-state index in [1.165, 1.54) is 7.11 Å². The van der Waals surface area contributed by atoms with Gasteiger partial charge in [-0.15, -0.1) is 0 Å². The quantitative estimate of drug-likeness (QED) is 0.693. The summed E-state index contributed by atoms with van der Waals surface area (Å²) in [6.45, 7) is 8.39. The number of methoxy groups -OCH3 is 1. The number of rotatable bonds is 8. The molecule has 1 aromatic rings. The molecule has 0 heterocycles. The molecule has 1 N–H and O–H groups in total. The first-order valence-electron chi connectivity index (χ1n) is 8.01. The maximum atomic E-state index is 12.4. The molecule has 0 fully saturated rings. The van der Waals surface area contributed by atoms with Crippen LogP contribution < -0.4 is 14.4 Å². The number of carbonyl (C=O) groups is 1. The Kier molecular flexibility index (Phi) is 7.62. The fourth-order valence-electron chi connectivity index (χ4n) is 2.24. The first-order valence-corrected chi connectivity index (χ1v) is 10.8. The molecule has 0 radical (unpaired) electrons. The molecule has 0 aliphatic carbocycles. The molecule has 0 saturated carbocycles. The molecule has 8 heteroatoms. The summed E-state index contributed by atoms with van der Waals surface area (Å²) in [4.78, 5) is 12.4. The van der Waals surface area contributed by atoms with E-state index in [4.69, 9.17) is 4.74 Å². The van der Waals surface area contributed by atoms with Gasteiger partial charge in [0.2, 0.25) is 15.9 Å². The second kappa shape index (κ2) is 8.80. The summed E-state index contributed by atoms with van der Waals surface area (Å²) in [7, 11) is -2.12. The van der Waals surface area contributed by atoms with Crippen LogP contribution in [0.15, 0.2) is 24.3 Å². The van der Waals surface area contributed by atoms with Crippen LogP contribution in [-0.2, 0) is 14.8 Å². The lowest BCUT2D eigenvalue weighted by Crippen LogP contribution is -2.48. The highest BCUT2D eigenvalue weighted by atomic mass is 32.2. The van der Waals surface area contributed by atoms with Crippen LogP contribution in [0.4, 0.5) is 5.69 Å². The van der Waals surface area contributed by atoms with Crippen molar-refractivity contribution >= 4 is 33.4 Å². The molecule has 0 aromatic heterocycles. The number of nitrogens with one attached hydrogen (secondary N) is 1. The number of thioether (sulfide) groups is 1. The third-order valence-corrected chi connectivity index (χ3v) is 5.85. The predicted octanol–water partition coefficient (Wildman–Crippen LogP) is 2.50. The summed E-state index contributed by atoms with van der Waals surface area (Å²) >= 11 is 1.74. The number of amides is 1. The number of sulfonamides is 1. The zero-order valence-corrected chi connectivity index (χ0v) is 17.3. The molecule has 1 aromatic carbocycles. The summed E-state index contributed by atoms with van der Waals surface area (Å²) in [5.41, 5.74) is 0.397. The third-order valence-electron chi connectivity index (χ3n) is 3.33. The normalized spacial score (nSPS) is 13.2. The lowest BCUT2D eigenvalue weighted by Gasteiger charge is -2.28. The standard InChI is InChI=1S/C17H28N2O4S2/c1-13(16(20)18-10-11-24-17(2,3)4)19(25(6,21)22)14-8-7-9-15(12-14)23-5/h7-9,12-13H,10-11H2,1-6H3,(H,18,20)/t13-/m1/s1. The van der Waals surface area contributed by atoms with Crippen LogP contribution in [0.1, 0.15) is 27.7 Å². The molecular formula is C17H28N2O4S2. The van der Waals surface area contributed by atoms with Crippen LogP contribution >= 0.6 is 11.8 Å². The molecule has 0 spiro atoms. The number of benzene rings is 1. The Labute approximate surface area is 155 Å². The second-order valence-electron chi connectivity index (χ2n) is 6.69. The minimum atomic E-state index is -3.63. The van der Waals surface area contributed by atoms with Crippen molar-refractivity contribution in [2.24, 2.45) is 0 Å². The van der Waals surface area contributed by atoms with Gasteiger partial charge in [-0.1, -0.05) is 26.8 Å². The molecule has 0 aliphatic heterocycles. The monoisotopic (exact) mass is 388 g/mol. The molecule has 1 atom stereocenters. The highest BCUT2D eigenvalue weighted by Gasteiger charge is 2.29. The van der Waals surface area contributed by atoms with Crippen LogP contribution in [0, 0.1) is 0 Å². The molecule has 1 rings (SSSR count). The van der Waals surface area contributed by atoms with Gasteiger partial charge in [-0.3, -0.25) is 9.10 Å². The van der Waals surface area contributed by atoms with Crippen LogP contribution in [0.3, 0.4) is 0 Å². The smallest absolute Gasteiger partial charge is 0.243 e. The van der Waals surface area contributed by atoms with Crippen LogP contribution in [0.2, 0.25) is 0 Å². The summed E-state index contributed by atoms with van der Waals surface area (Å²) in [5.74, 6) is 0.961. The lowest BCUT2D eigenvalue weighted by molar-refractivity contribution is -0.121. The first-order chi connectivity index (χ1) is 11.5. The first kappa shape index (κ1) is 21.6. The molecule has 6 nitrogen and oxygen atoms in total. The number of ether oxygens (including phenoxy) is 1. The number of nitrogens with zero attached hydrogens (tertiary/aromatic N) is 1. The summed E-state index contributed by atoms with van der Waals surface area (Å²) < 4.78 is 30.9. The Morgan fingerprint density at radius 1 is 1.36 bits per heavy atom. The Bertz CT molecular complexity index is 684. The van der Waals surface area contributed by atoms with E-state index in [0.717, 1.165) is 16.3 Å². The van der Waals surface area contributed by atoms with Crippen molar-refractivity contribution in [3.8, 4) is 5.75 Å². The molecule has 0 bridgehead atoms. The van der Waals surface area contributed by atoms with Crippen molar-refractivity contribution in [2.75, 3.05) is 30.0 Å². The highest BCUT2D eigenvalue weighted by molar-refractivity contribution is 8.00. The average Bonchev–Trinajstić information content (AvgIpc) is 2.49. The maximum Gasteiger partial charge on any atom is 0.243 e. The molecular weight excluding hydrogens is 360 g/mol. The second-order valence-corrected chi connectivity index (χ2v) is 10.5. The Morgan fingerprint density at radius 2 is 2.00 bits per heavy atom. The van der Waals surface area contributed by atoms with Gasteiger partial charge in [0.05, 0.1) is 19.1 Å². The van der Waals surface area contributed by atoms with E-state index in [-0.39, 0.29) is 10.7 Å². The minimum absolute atomic E-state index is 0.121. The minimum Gasteiger partial charge on any atom is -0.497 e. The largest absolute Gasteiger partial charge is 0.497 e. The summed E-state index contributed by atoms with van der Waals surface area (Å²) in [6, 6.07) is 5.79. The van der Waals surface area contributed by atoms with Gasteiger partial charge >= 0.3 is 0 Å². The molecule has 0 unspecified atom stereocenters. The zero-order valence-electron chi connectivity index (χ0n) is 15.7. The lowest BCUT2D eigenvalue weighted by atomic mass is 10.2. The van der Waals surface area contributed by atoms with Gasteiger partial charge in [0.1, 0.15) is 11.8 Å². The molecule has 25 heavy (non-hydrogen) atoms. The number of hydrogen-bond donors (Lipinski definition) is 1. The van der Waals surface area contributed by atoms with Gasteiger partial charge < -0.3 is 10.1 Å². The van der Waals surface area contributed by atoms with Crippen molar-refractivity contribution in [3.63, 3.8) is 0 Å². The Balaban J connectivity index is 2.87. The predicted molar refractivity (Wildman–Crippen MR) is 105 cm³/mol. The van der Waals surface area contributed by atoms with Crippen molar-refractivity contribution in [1.82, 2.24) is 5.32 Å². The Hall–Kier alpha value is -1.41. The number of hydrogen-bond acceptors (Lipinski definition) is 5. The molecule has 1 amide bonds. The fraction of sp³-hybridized carbons (Fsp3) is 0.588. The van der Waals surface area contributed by atoms with Crippen molar-refractivity contribution in [2.45, 2.75) is 38.5 Å². The molecule has 142 valence electrons. The average molecular weight is 389 g/mol. The van der Waals surface area contributed by atoms with Gasteiger partial charge in [0.25, 0.3) is 0 Å². The third kappa shape index (κ3) is 7.15. The zero-order chi connectivity index (χ0) is 19.3. The van der Waals surface area contributed by atoms with Crippen molar-refractivity contribution < 1.29 is 17.9 Å². The van der Waals surface area contributed by atoms with E-state index in [9.17, 15) is 13.2 Å².